The van der Waals surface area contributed by atoms with Gasteiger partial charge in [-0.05, 0) is 6.42 Å². The fourth-order valence-electron chi connectivity index (χ4n) is 0.933. The first kappa shape index (κ1) is 18.3. The van der Waals surface area contributed by atoms with E-state index in [1.165, 1.54) is 0 Å². The lowest BCUT2D eigenvalue weighted by Gasteiger charge is -2.37. The molecular weight excluding hydrogens is 302 g/mol. The van der Waals surface area contributed by atoms with E-state index in [4.69, 9.17) is 0 Å². The van der Waals surface area contributed by atoms with Crippen LogP contribution < -0.4 is 0 Å². The summed E-state index contributed by atoms with van der Waals surface area (Å²) in [7, 11) is 0. The Morgan fingerprint density at radius 3 is 1.53 bits per heavy atom. The molecule has 1 nitrogen and oxygen atoms in total. The van der Waals surface area contributed by atoms with E-state index >= 15 is 0 Å². The minimum absolute atomic E-state index is 0.355. The Labute approximate surface area is 100 Å². The van der Waals surface area contributed by atoms with Crippen LogP contribution in [0.3, 0.4) is 0 Å². The van der Waals surface area contributed by atoms with Crippen LogP contribution in [0.2, 0.25) is 0 Å². The maximum Gasteiger partial charge on any atom is 0.460 e. The van der Waals surface area contributed by atoms with E-state index in [1.807, 2.05) is 0 Å². The normalized spacial score (nSPS) is 17.7. The van der Waals surface area contributed by atoms with E-state index in [0.717, 1.165) is 6.92 Å². The van der Waals surface area contributed by atoms with Crippen molar-refractivity contribution in [3.05, 3.63) is 0 Å². The second-order valence-electron chi connectivity index (χ2n) is 3.44. The van der Waals surface area contributed by atoms with E-state index in [0.29, 0.717) is 0 Å². The molecule has 11 heteroatoms. The van der Waals surface area contributed by atoms with Crippen LogP contribution >= 0.6 is 0 Å². The predicted octanol–water partition coefficient (Wildman–Crippen LogP) is 4.18. The fraction of sp³-hybridized carbons (Fsp3) is 1.00. The summed E-state index contributed by atoms with van der Waals surface area (Å²) in [6.45, 7) is -0.0731. The highest BCUT2D eigenvalue weighted by Crippen LogP contribution is 2.54. The molecule has 0 saturated heterocycles. The Bertz CT molecular complexity index is 298. The lowest BCUT2D eigenvalue weighted by atomic mass is 10.0. The largest absolute Gasteiger partial charge is 0.460 e. The summed E-state index contributed by atoms with van der Waals surface area (Å²) in [5, 5.41) is 0. The van der Waals surface area contributed by atoms with Gasteiger partial charge in [-0.15, -0.1) is 0 Å². The highest BCUT2D eigenvalue weighted by Gasteiger charge is 2.83. The Kier molecular flexibility index (Phi) is 5.12. The average Bonchev–Trinajstić information content (AvgIpc) is 2.23. The number of rotatable bonds is 6. The molecule has 0 aromatic rings. The Balaban J connectivity index is 5.67. The lowest BCUT2D eigenvalue weighted by molar-refractivity contribution is -0.430. The van der Waals surface area contributed by atoms with E-state index in [1.54, 1.807) is 0 Å². The average molecular weight is 310 g/mol. The highest BCUT2D eigenvalue weighted by atomic mass is 19.4. The van der Waals surface area contributed by atoms with Gasteiger partial charge in [-0.2, -0.15) is 35.1 Å². The molecule has 116 valence electrons. The monoisotopic (exact) mass is 310 g/mol. The van der Waals surface area contributed by atoms with E-state index in [-0.39, 0.29) is 6.42 Å². The topological polar surface area (TPSA) is 9.23 Å². The van der Waals surface area contributed by atoms with Crippen molar-refractivity contribution in [2.45, 2.75) is 43.6 Å². The molecule has 0 fully saturated rings. The molecule has 0 amide bonds. The van der Waals surface area contributed by atoms with Crippen molar-refractivity contribution in [3.8, 4) is 0 Å². The first-order valence-corrected chi connectivity index (χ1v) is 4.69. The molecule has 0 heterocycles. The van der Waals surface area contributed by atoms with Crippen LogP contribution in [0.25, 0.3) is 0 Å². The molecule has 19 heavy (non-hydrogen) atoms. The molecule has 0 radical (unpaired) electrons. The van der Waals surface area contributed by atoms with E-state index < -0.39 is 36.9 Å². The van der Waals surface area contributed by atoms with Crippen LogP contribution in [-0.4, -0.2) is 36.9 Å². The quantitative estimate of drug-likeness (QED) is 0.669. The molecule has 0 aliphatic carbocycles. The molecule has 0 N–H and O–H groups in total. The summed E-state index contributed by atoms with van der Waals surface area (Å²) >= 11 is 0. The van der Waals surface area contributed by atoms with Gasteiger partial charge in [0, 0.05) is 0 Å². The van der Waals surface area contributed by atoms with Gasteiger partial charge in [0.05, 0.1) is 6.61 Å². The summed E-state index contributed by atoms with van der Waals surface area (Å²) < 4.78 is 127. The zero-order chi connectivity index (χ0) is 15.7. The van der Waals surface area contributed by atoms with Gasteiger partial charge >= 0.3 is 30.3 Å². The van der Waals surface area contributed by atoms with E-state index in [2.05, 4.69) is 4.74 Å². The smallest absolute Gasteiger partial charge is 0.337 e. The maximum atomic E-state index is 13.2. The number of hydrogen-bond donors (Lipinski definition) is 0. The van der Waals surface area contributed by atoms with Crippen LogP contribution in [-0.2, 0) is 4.74 Å². The second kappa shape index (κ2) is 5.33. The van der Waals surface area contributed by atoms with E-state index in [9.17, 15) is 43.9 Å². The zero-order valence-electron chi connectivity index (χ0n) is 9.18. The molecule has 0 saturated carbocycles. The molecular formula is C8H8F10O. The molecule has 0 aliphatic rings. The molecule has 0 aromatic carbocycles. The van der Waals surface area contributed by atoms with Crippen molar-refractivity contribution in [2.75, 3.05) is 6.61 Å². The Morgan fingerprint density at radius 2 is 1.26 bits per heavy atom. The van der Waals surface area contributed by atoms with Crippen molar-refractivity contribution in [1.29, 1.82) is 0 Å². The molecule has 0 aromatic heterocycles. The third kappa shape index (κ3) is 2.90. The van der Waals surface area contributed by atoms with Crippen molar-refractivity contribution in [2.24, 2.45) is 0 Å². The van der Waals surface area contributed by atoms with Crippen LogP contribution in [0, 0.1) is 0 Å². The lowest BCUT2D eigenvalue weighted by Crippen LogP contribution is -2.66. The number of hydrogen-bond acceptors (Lipinski definition) is 1. The highest BCUT2D eigenvalue weighted by molar-refractivity contribution is 5.02. The third-order valence-electron chi connectivity index (χ3n) is 1.98. The molecule has 0 aliphatic heterocycles. The summed E-state index contributed by atoms with van der Waals surface area (Å²) in [6, 6.07) is 0. The number of ether oxygens (including phenoxy) is 1. The number of alkyl halides is 10. The van der Waals surface area contributed by atoms with Crippen LogP contribution in [0.15, 0.2) is 0 Å². The second-order valence-corrected chi connectivity index (χ2v) is 3.44. The minimum Gasteiger partial charge on any atom is -0.337 e. The standard InChI is InChI=1S/C8H8F10O/c1-2-3-19-5(11,4(9)10)6(12,13)7(14,15)8(16,17)18/h4H,2-3H2,1H3. The van der Waals surface area contributed by atoms with Crippen molar-refractivity contribution in [3.63, 3.8) is 0 Å². The van der Waals surface area contributed by atoms with Gasteiger partial charge in [0.1, 0.15) is 0 Å². The van der Waals surface area contributed by atoms with Gasteiger partial charge in [0.25, 0.3) is 0 Å². The zero-order valence-corrected chi connectivity index (χ0v) is 9.18. The van der Waals surface area contributed by atoms with Gasteiger partial charge in [-0.1, -0.05) is 6.92 Å². The van der Waals surface area contributed by atoms with Crippen molar-refractivity contribution in [1.82, 2.24) is 0 Å². The Hall–Kier alpha value is -0.740. The molecule has 1 atom stereocenters. The molecule has 0 rings (SSSR count). The van der Waals surface area contributed by atoms with Gasteiger partial charge in [0.15, 0.2) is 0 Å². The van der Waals surface area contributed by atoms with Gasteiger partial charge < -0.3 is 4.74 Å². The van der Waals surface area contributed by atoms with Crippen LogP contribution in [0.5, 0.6) is 0 Å². The predicted molar refractivity (Wildman–Crippen MR) is 42.0 cm³/mol. The third-order valence-corrected chi connectivity index (χ3v) is 1.98. The fourth-order valence-corrected chi connectivity index (χ4v) is 0.933. The summed E-state index contributed by atoms with van der Waals surface area (Å²) in [6.07, 6.45) is -12.2. The summed E-state index contributed by atoms with van der Waals surface area (Å²) in [5.74, 6) is -19.6. The van der Waals surface area contributed by atoms with Crippen LogP contribution in [0.1, 0.15) is 13.3 Å². The summed E-state index contributed by atoms with van der Waals surface area (Å²) in [4.78, 5) is 0. The SMILES string of the molecule is CCCOC(F)(C(F)F)C(F)(F)C(F)(F)C(F)(F)F. The first-order valence-electron chi connectivity index (χ1n) is 4.69. The van der Waals surface area contributed by atoms with Gasteiger partial charge in [-0.3, -0.25) is 0 Å². The van der Waals surface area contributed by atoms with Crippen molar-refractivity contribution < 1.29 is 48.6 Å². The molecule has 1 unspecified atom stereocenters. The molecule has 0 spiro atoms. The van der Waals surface area contributed by atoms with Gasteiger partial charge in [0.2, 0.25) is 0 Å². The van der Waals surface area contributed by atoms with Crippen molar-refractivity contribution >= 4 is 0 Å². The van der Waals surface area contributed by atoms with Gasteiger partial charge in [-0.25, -0.2) is 8.78 Å². The molecule has 0 bridgehead atoms. The first-order chi connectivity index (χ1) is 8.25. The maximum absolute atomic E-state index is 13.2. The minimum atomic E-state index is -7.01. The Morgan fingerprint density at radius 1 is 0.842 bits per heavy atom. The summed E-state index contributed by atoms with van der Waals surface area (Å²) in [5.41, 5.74) is 0. The van der Waals surface area contributed by atoms with Crippen LogP contribution in [0.4, 0.5) is 43.9 Å². The number of halogens is 10.